The average Bonchev–Trinajstić information content (AvgIpc) is 2.72. The Hall–Kier alpha value is -0.650. The number of aromatic nitrogens is 1. The van der Waals surface area contributed by atoms with Gasteiger partial charge in [0.2, 0.25) is 0 Å². The lowest BCUT2D eigenvalue weighted by molar-refractivity contribution is 0.0947. The molecular weight excluding hydrogens is 354 g/mol. The number of halogens is 2. The molecule has 0 saturated heterocycles. The molecule has 1 saturated carbocycles. The van der Waals surface area contributed by atoms with E-state index in [2.05, 4.69) is 31.5 Å². The summed E-state index contributed by atoms with van der Waals surface area (Å²) in [6.45, 7) is 1.46. The Morgan fingerprint density at radius 3 is 2.62 bits per heavy atom. The summed E-state index contributed by atoms with van der Waals surface area (Å²) in [5, 5.41) is 6.44. The zero-order valence-electron chi connectivity index (χ0n) is 12.1. The van der Waals surface area contributed by atoms with E-state index < -0.39 is 0 Å². The van der Waals surface area contributed by atoms with Gasteiger partial charge in [-0.3, -0.25) is 4.79 Å². The second kappa shape index (κ2) is 10.1. The fourth-order valence-corrected chi connectivity index (χ4v) is 3.01. The quantitative estimate of drug-likeness (QED) is 0.612. The molecule has 0 spiro atoms. The van der Waals surface area contributed by atoms with Gasteiger partial charge in [-0.2, -0.15) is 0 Å². The van der Waals surface area contributed by atoms with Crippen molar-refractivity contribution in [3.63, 3.8) is 0 Å². The fraction of sp³-hybridized carbons (Fsp3) is 0.600. The monoisotopic (exact) mass is 375 g/mol. The van der Waals surface area contributed by atoms with Crippen LogP contribution in [0.25, 0.3) is 0 Å². The fourth-order valence-electron chi connectivity index (χ4n) is 2.57. The van der Waals surface area contributed by atoms with Crippen molar-refractivity contribution in [3.05, 3.63) is 28.5 Å². The van der Waals surface area contributed by atoms with Crippen molar-refractivity contribution < 1.29 is 4.79 Å². The number of hydrogen-bond donors (Lipinski definition) is 2. The molecule has 2 rings (SSSR count). The van der Waals surface area contributed by atoms with E-state index in [0.29, 0.717) is 18.3 Å². The van der Waals surface area contributed by atoms with Crippen LogP contribution in [0.15, 0.2) is 22.8 Å². The number of rotatable bonds is 5. The summed E-state index contributed by atoms with van der Waals surface area (Å²) in [5.41, 5.74) is 0.446. The molecule has 0 aromatic carbocycles. The highest BCUT2D eigenvalue weighted by Crippen LogP contribution is 2.17. The predicted octanol–water partition coefficient (Wildman–Crippen LogP) is 3.31. The van der Waals surface area contributed by atoms with Gasteiger partial charge in [-0.05, 0) is 40.9 Å². The minimum atomic E-state index is -0.125. The topological polar surface area (TPSA) is 54.0 Å². The predicted molar refractivity (Wildman–Crippen MR) is 91.0 cm³/mol. The smallest absolute Gasteiger partial charge is 0.271 e. The third-order valence-corrected chi connectivity index (χ3v) is 4.31. The first-order valence-corrected chi connectivity index (χ1v) is 8.19. The number of hydrogen-bond acceptors (Lipinski definition) is 3. The number of carbonyl (C=O) groups is 1. The lowest BCUT2D eigenvalue weighted by atomic mass is 10.1. The number of carbonyl (C=O) groups excluding carboxylic acids is 1. The number of nitrogens with zero attached hydrogens (tertiary/aromatic N) is 1. The van der Waals surface area contributed by atoms with Crippen molar-refractivity contribution in [2.24, 2.45) is 0 Å². The zero-order chi connectivity index (χ0) is 14.2. The van der Waals surface area contributed by atoms with E-state index >= 15 is 0 Å². The van der Waals surface area contributed by atoms with Gasteiger partial charge in [0, 0.05) is 29.8 Å². The van der Waals surface area contributed by atoms with Gasteiger partial charge in [0.05, 0.1) is 0 Å². The summed E-state index contributed by atoms with van der Waals surface area (Å²) in [6, 6.07) is 4.25. The lowest BCUT2D eigenvalue weighted by Crippen LogP contribution is -2.37. The van der Waals surface area contributed by atoms with Gasteiger partial charge in [0.25, 0.3) is 5.91 Å². The SMILES string of the molecule is Cl.O=C(NCCNC1CCCCCC1)c1ncccc1Br. The van der Waals surface area contributed by atoms with Gasteiger partial charge in [-0.25, -0.2) is 4.98 Å². The molecule has 6 heteroatoms. The standard InChI is InChI=1S/C15H22BrN3O.ClH/c16-13-8-5-9-18-14(13)15(20)19-11-10-17-12-6-3-1-2-4-7-12;/h5,8-9,12,17H,1-4,6-7,10-11H2,(H,19,20);1H. The van der Waals surface area contributed by atoms with Crippen LogP contribution in [0.4, 0.5) is 0 Å². The Labute approximate surface area is 141 Å². The lowest BCUT2D eigenvalue weighted by Gasteiger charge is -2.16. The highest BCUT2D eigenvalue weighted by molar-refractivity contribution is 9.10. The molecule has 0 aliphatic heterocycles. The minimum Gasteiger partial charge on any atom is -0.349 e. The first kappa shape index (κ1) is 18.4. The first-order valence-electron chi connectivity index (χ1n) is 7.39. The molecule has 1 aromatic rings. The molecule has 1 aromatic heterocycles. The van der Waals surface area contributed by atoms with Gasteiger partial charge in [-0.15, -0.1) is 12.4 Å². The maximum absolute atomic E-state index is 11.9. The maximum atomic E-state index is 11.9. The molecule has 0 radical (unpaired) electrons. The molecule has 4 nitrogen and oxygen atoms in total. The number of pyridine rings is 1. The molecule has 1 aliphatic rings. The van der Waals surface area contributed by atoms with Crippen LogP contribution in [0.3, 0.4) is 0 Å². The molecule has 2 N–H and O–H groups in total. The van der Waals surface area contributed by atoms with E-state index in [1.165, 1.54) is 38.5 Å². The summed E-state index contributed by atoms with van der Waals surface area (Å²) >= 11 is 3.34. The van der Waals surface area contributed by atoms with Crippen LogP contribution in [0.2, 0.25) is 0 Å². The molecule has 118 valence electrons. The molecule has 0 bridgehead atoms. The number of amides is 1. The molecule has 1 amide bonds. The molecule has 21 heavy (non-hydrogen) atoms. The Kier molecular flexibility index (Phi) is 8.88. The number of nitrogens with one attached hydrogen (secondary N) is 2. The second-order valence-electron chi connectivity index (χ2n) is 5.23. The van der Waals surface area contributed by atoms with Gasteiger partial charge in [0.1, 0.15) is 5.69 Å². The molecule has 1 aliphatic carbocycles. The van der Waals surface area contributed by atoms with Gasteiger partial charge in [0.15, 0.2) is 0 Å². The normalized spacial score (nSPS) is 15.9. The van der Waals surface area contributed by atoms with Crippen molar-refractivity contribution in [1.82, 2.24) is 15.6 Å². The van der Waals surface area contributed by atoms with E-state index in [1.807, 2.05) is 6.07 Å². The van der Waals surface area contributed by atoms with Gasteiger partial charge in [-0.1, -0.05) is 25.7 Å². The van der Waals surface area contributed by atoms with Crippen molar-refractivity contribution >= 4 is 34.2 Å². The first-order chi connectivity index (χ1) is 9.77. The third kappa shape index (κ3) is 6.32. The van der Waals surface area contributed by atoms with Crippen molar-refractivity contribution in [1.29, 1.82) is 0 Å². The Bertz CT molecular complexity index is 437. The zero-order valence-corrected chi connectivity index (χ0v) is 14.5. The molecule has 0 atom stereocenters. The summed E-state index contributed by atoms with van der Waals surface area (Å²) in [4.78, 5) is 16.0. The van der Waals surface area contributed by atoms with Crippen LogP contribution >= 0.6 is 28.3 Å². The summed E-state index contributed by atoms with van der Waals surface area (Å²) in [5.74, 6) is -0.125. The van der Waals surface area contributed by atoms with Gasteiger partial charge < -0.3 is 10.6 Å². The Balaban J connectivity index is 0.00000220. The van der Waals surface area contributed by atoms with Crippen LogP contribution in [-0.4, -0.2) is 30.0 Å². The maximum Gasteiger partial charge on any atom is 0.271 e. The summed E-state index contributed by atoms with van der Waals surface area (Å²) < 4.78 is 0.731. The van der Waals surface area contributed by atoms with E-state index in [4.69, 9.17) is 0 Å². The average molecular weight is 377 g/mol. The van der Waals surface area contributed by atoms with Crippen LogP contribution in [-0.2, 0) is 0 Å². The largest absolute Gasteiger partial charge is 0.349 e. The van der Waals surface area contributed by atoms with Gasteiger partial charge >= 0.3 is 0 Å². The molecule has 0 unspecified atom stereocenters. The van der Waals surface area contributed by atoms with Crippen molar-refractivity contribution in [3.8, 4) is 0 Å². The Morgan fingerprint density at radius 1 is 1.24 bits per heavy atom. The van der Waals surface area contributed by atoms with E-state index in [1.54, 1.807) is 12.3 Å². The summed E-state index contributed by atoms with van der Waals surface area (Å²) in [6.07, 6.45) is 9.53. The molecule has 1 fully saturated rings. The third-order valence-electron chi connectivity index (χ3n) is 3.67. The van der Waals surface area contributed by atoms with E-state index in [9.17, 15) is 4.79 Å². The van der Waals surface area contributed by atoms with Crippen LogP contribution in [0.1, 0.15) is 49.0 Å². The van der Waals surface area contributed by atoms with Crippen molar-refractivity contribution in [2.45, 2.75) is 44.6 Å². The van der Waals surface area contributed by atoms with E-state index in [-0.39, 0.29) is 18.3 Å². The molecule has 1 heterocycles. The molecular formula is C15H23BrClN3O. The summed E-state index contributed by atoms with van der Waals surface area (Å²) in [7, 11) is 0. The highest BCUT2D eigenvalue weighted by Gasteiger charge is 2.12. The van der Waals surface area contributed by atoms with Crippen LogP contribution in [0, 0.1) is 0 Å². The second-order valence-corrected chi connectivity index (χ2v) is 6.09. The minimum absolute atomic E-state index is 0. The van der Waals surface area contributed by atoms with E-state index in [0.717, 1.165) is 11.0 Å². The van der Waals surface area contributed by atoms with Crippen LogP contribution < -0.4 is 10.6 Å². The highest BCUT2D eigenvalue weighted by atomic mass is 79.9. The van der Waals surface area contributed by atoms with Crippen LogP contribution in [0.5, 0.6) is 0 Å². The van der Waals surface area contributed by atoms with Crippen molar-refractivity contribution in [2.75, 3.05) is 13.1 Å². The Morgan fingerprint density at radius 2 is 1.95 bits per heavy atom.